The minimum absolute atomic E-state index is 0.119. The highest BCUT2D eigenvalue weighted by Crippen LogP contribution is 2.26. The molecule has 1 aliphatic carbocycles. The van der Waals surface area contributed by atoms with E-state index in [4.69, 9.17) is 0 Å². The highest BCUT2D eigenvalue weighted by atomic mass is 32.2. The van der Waals surface area contributed by atoms with Gasteiger partial charge in [0.2, 0.25) is 10.0 Å². The molecule has 5 heteroatoms. The van der Waals surface area contributed by atoms with Gasteiger partial charge in [-0.25, -0.2) is 12.7 Å². The van der Waals surface area contributed by atoms with Crippen molar-refractivity contribution in [3.8, 4) is 0 Å². The lowest BCUT2D eigenvalue weighted by molar-refractivity contribution is 0.123. The van der Waals surface area contributed by atoms with Gasteiger partial charge in [0.1, 0.15) is 0 Å². The summed E-state index contributed by atoms with van der Waals surface area (Å²) >= 11 is 0. The highest BCUT2D eigenvalue weighted by molar-refractivity contribution is 7.89. The fourth-order valence-corrected chi connectivity index (χ4v) is 3.71. The third kappa shape index (κ3) is 4.56. The average molecular weight is 263 g/mol. The Kier molecular flexibility index (Phi) is 5.41. The first-order chi connectivity index (χ1) is 7.83. The average Bonchev–Trinajstić information content (AvgIpc) is 2.62. The zero-order valence-electron chi connectivity index (χ0n) is 11.1. The van der Waals surface area contributed by atoms with Crippen LogP contribution < -0.4 is 0 Å². The van der Waals surface area contributed by atoms with Gasteiger partial charge in [-0.1, -0.05) is 20.3 Å². The molecular formula is C12H25NO3S. The third-order valence-corrected chi connectivity index (χ3v) is 5.39. The Morgan fingerprint density at radius 2 is 2.00 bits per heavy atom. The summed E-state index contributed by atoms with van der Waals surface area (Å²) in [7, 11) is -1.52. The van der Waals surface area contributed by atoms with Crippen LogP contribution in [0.5, 0.6) is 0 Å². The number of hydrogen-bond donors (Lipinski definition) is 1. The monoisotopic (exact) mass is 263 g/mol. The minimum Gasteiger partial charge on any atom is -0.393 e. The molecule has 0 radical (unpaired) electrons. The van der Waals surface area contributed by atoms with Gasteiger partial charge in [0, 0.05) is 13.6 Å². The van der Waals surface area contributed by atoms with Gasteiger partial charge in [0.15, 0.2) is 0 Å². The lowest BCUT2D eigenvalue weighted by Crippen LogP contribution is -2.36. The second-order valence-electron chi connectivity index (χ2n) is 5.54. The molecule has 4 nitrogen and oxygen atoms in total. The van der Waals surface area contributed by atoms with Crippen LogP contribution >= 0.6 is 0 Å². The molecule has 17 heavy (non-hydrogen) atoms. The van der Waals surface area contributed by atoms with Crippen molar-refractivity contribution in [2.24, 2.45) is 11.8 Å². The van der Waals surface area contributed by atoms with E-state index in [0.717, 1.165) is 19.3 Å². The normalized spacial score (nSPS) is 26.0. The molecule has 2 unspecified atom stereocenters. The van der Waals surface area contributed by atoms with E-state index >= 15 is 0 Å². The van der Waals surface area contributed by atoms with Crippen LogP contribution in [0.1, 0.15) is 39.5 Å². The molecule has 0 aromatic rings. The quantitative estimate of drug-likeness (QED) is 0.789. The van der Waals surface area contributed by atoms with Gasteiger partial charge in [0.05, 0.1) is 11.9 Å². The summed E-state index contributed by atoms with van der Waals surface area (Å²) in [6.07, 6.45) is 3.12. The van der Waals surface area contributed by atoms with Crippen molar-refractivity contribution < 1.29 is 13.5 Å². The Hall–Kier alpha value is -0.130. The van der Waals surface area contributed by atoms with Crippen LogP contribution in [0.4, 0.5) is 0 Å². The van der Waals surface area contributed by atoms with Gasteiger partial charge in [-0.05, 0) is 31.1 Å². The molecule has 0 heterocycles. The number of aliphatic hydroxyl groups is 1. The molecule has 1 rings (SSSR count). The SMILES string of the molecule is CC(C)CCS(=O)(=O)N(C)CC1CCCC1O. The van der Waals surface area contributed by atoms with Gasteiger partial charge in [-0.15, -0.1) is 0 Å². The van der Waals surface area contributed by atoms with Gasteiger partial charge in [-0.3, -0.25) is 0 Å². The van der Waals surface area contributed by atoms with Crippen molar-refractivity contribution >= 4 is 10.0 Å². The second kappa shape index (κ2) is 6.16. The maximum absolute atomic E-state index is 12.0. The molecule has 0 aromatic heterocycles. The summed E-state index contributed by atoms with van der Waals surface area (Å²) in [4.78, 5) is 0. The molecule has 0 aromatic carbocycles. The molecular weight excluding hydrogens is 238 g/mol. The topological polar surface area (TPSA) is 57.6 Å². The number of nitrogens with zero attached hydrogens (tertiary/aromatic N) is 1. The fourth-order valence-electron chi connectivity index (χ4n) is 2.21. The Labute approximate surface area is 105 Å². The van der Waals surface area contributed by atoms with E-state index in [-0.39, 0.29) is 17.8 Å². The Bertz CT molecular complexity index is 327. The van der Waals surface area contributed by atoms with Crippen molar-refractivity contribution in [1.82, 2.24) is 4.31 Å². The van der Waals surface area contributed by atoms with Crippen molar-refractivity contribution in [3.05, 3.63) is 0 Å². The van der Waals surface area contributed by atoms with Crippen LogP contribution in [0, 0.1) is 11.8 Å². The van der Waals surface area contributed by atoms with Crippen LogP contribution in [0.3, 0.4) is 0 Å². The molecule has 0 spiro atoms. The summed E-state index contributed by atoms with van der Waals surface area (Å²) in [5.74, 6) is 0.730. The zero-order chi connectivity index (χ0) is 13.1. The summed E-state index contributed by atoms with van der Waals surface area (Å²) in [6, 6.07) is 0. The van der Waals surface area contributed by atoms with Crippen LogP contribution in [-0.2, 0) is 10.0 Å². The summed E-state index contributed by atoms with van der Waals surface area (Å²) in [5, 5.41) is 9.70. The molecule has 0 amide bonds. The second-order valence-corrected chi connectivity index (χ2v) is 7.73. The summed E-state index contributed by atoms with van der Waals surface area (Å²) in [5.41, 5.74) is 0. The van der Waals surface area contributed by atoms with Crippen LogP contribution in [0.25, 0.3) is 0 Å². The fraction of sp³-hybridized carbons (Fsp3) is 1.00. The van der Waals surface area contributed by atoms with Gasteiger partial charge in [-0.2, -0.15) is 0 Å². The predicted octanol–water partition coefficient (Wildman–Crippen LogP) is 1.46. The summed E-state index contributed by atoms with van der Waals surface area (Å²) in [6.45, 7) is 4.51. The van der Waals surface area contributed by atoms with Crippen molar-refractivity contribution in [1.29, 1.82) is 0 Å². The van der Waals surface area contributed by atoms with Gasteiger partial charge < -0.3 is 5.11 Å². The number of rotatable bonds is 6. The van der Waals surface area contributed by atoms with E-state index in [0.29, 0.717) is 18.9 Å². The Morgan fingerprint density at radius 3 is 2.47 bits per heavy atom. The van der Waals surface area contributed by atoms with Crippen LogP contribution in [0.2, 0.25) is 0 Å². The van der Waals surface area contributed by atoms with Crippen LogP contribution in [0.15, 0.2) is 0 Å². The Morgan fingerprint density at radius 1 is 1.35 bits per heavy atom. The van der Waals surface area contributed by atoms with E-state index in [2.05, 4.69) is 0 Å². The van der Waals surface area contributed by atoms with E-state index in [1.807, 2.05) is 13.8 Å². The smallest absolute Gasteiger partial charge is 0.213 e. The van der Waals surface area contributed by atoms with Crippen LogP contribution in [-0.4, -0.2) is 43.3 Å². The first-order valence-electron chi connectivity index (χ1n) is 6.45. The van der Waals surface area contributed by atoms with E-state index in [9.17, 15) is 13.5 Å². The minimum atomic E-state index is -3.14. The molecule has 0 bridgehead atoms. The van der Waals surface area contributed by atoms with E-state index in [1.165, 1.54) is 4.31 Å². The van der Waals surface area contributed by atoms with Crippen molar-refractivity contribution in [3.63, 3.8) is 0 Å². The van der Waals surface area contributed by atoms with E-state index < -0.39 is 10.0 Å². The molecule has 0 saturated heterocycles. The third-order valence-electron chi connectivity index (χ3n) is 3.54. The first-order valence-corrected chi connectivity index (χ1v) is 8.06. The summed E-state index contributed by atoms with van der Waals surface area (Å²) < 4.78 is 25.4. The molecule has 0 aliphatic heterocycles. The zero-order valence-corrected chi connectivity index (χ0v) is 11.9. The highest BCUT2D eigenvalue weighted by Gasteiger charge is 2.29. The maximum atomic E-state index is 12.0. The molecule has 1 aliphatic rings. The van der Waals surface area contributed by atoms with Crippen molar-refractivity contribution in [2.75, 3.05) is 19.3 Å². The molecule has 1 saturated carbocycles. The molecule has 2 atom stereocenters. The largest absolute Gasteiger partial charge is 0.393 e. The standard InChI is InChI=1S/C12H25NO3S/c1-10(2)7-8-17(15,16)13(3)9-11-5-4-6-12(11)14/h10-12,14H,4-9H2,1-3H3. The molecule has 1 N–H and O–H groups in total. The molecule has 102 valence electrons. The number of aliphatic hydroxyl groups excluding tert-OH is 1. The Balaban J connectivity index is 2.47. The lowest BCUT2D eigenvalue weighted by Gasteiger charge is -2.23. The number of hydrogen-bond acceptors (Lipinski definition) is 3. The predicted molar refractivity (Wildman–Crippen MR) is 69.2 cm³/mol. The lowest BCUT2D eigenvalue weighted by atomic mass is 10.1. The first kappa shape index (κ1) is 14.9. The van der Waals surface area contributed by atoms with Gasteiger partial charge in [0.25, 0.3) is 0 Å². The number of sulfonamides is 1. The maximum Gasteiger partial charge on any atom is 0.213 e. The van der Waals surface area contributed by atoms with E-state index in [1.54, 1.807) is 7.05 Å². The van der Waals surface area contributed by atoms with Crippen molar-refractivity contribution in [2.45, 2.75) is 45.6 Å². The molecule has 1 fully saturated rings. The van der Waals surface area contributed by atoms with Gasteiger partial charge >= 0.3 is 0 Å².